The van der Waals surface area contributed by atoms with Crippen LogP contribution in [0.2, 0.25) is 0 Å². The average Bonchev–Trinajstić information content (AvgIpc) is 3.27. The first-order valence-corrected chi connectivity index (χ1v) is 15.9. The smallest absolute Gasteiger partial charge is 0.224 e. The molecule has 4 rings (SSSR count). The first-order chi connectivity index (χ1) is 20.2. The minimum atomic E-state index is 0.0692. The number of nitrogens with zero attached hydrogens (tertiary/aromatic N) is 4. The molecule has 3 heterocycles. The molecule has 9 heteroatoms. The van der Waals surface area contributed by atoms with E-state index in [-0.39, 0.29) is 17.6 Å². The fraction of sp³-hybridized carbons (Fsp3) is 0.697. The van der Waals surface area contributed by atoms with Gasteiger partial charge in [-0.1, -0.05) is 45.9 Å². The Morgan fingerprint density at radius 1 is 0.952 bits per heavy atom. The van der Waals surface area contributed by atoms with Crippen molar-refractivity contribution >= 4 is 22.6 Å². The van der Waals surface area contributed by atoms with Crippen LogP contribution in [0.5, 0.6) is 0 Å². The minimum Gasteiger partial charge on any atom is -0.379 e. The molecule has 1 aromatic heterocycles. The highest BCUT2D eigenvalue weighted by atomic mass is 16.5. The van der Waals surface area contributed by atoms with E-state index in [2.05, 4.69) is 72.1 Å². The van der Waals surface area contributed by atoms with E-state index in [0.717, 1.165) is 39.0 Å². The number of piperidine rings is 1. The number of nitrogens with one attached hydrogen (secondary N) is 1. The molecule has 1 N–H and O–H groups in total. The normalized spacial score (nSPS) is 18.9. The van der Waals surface area contributed by atoms with Crippen molar-refractivity contribution in [2.24, 2.45) is 11.8 Å². The third kappa shape index (κ3) is 7.99. The Balaban J connectivity index is 1.19. The number of carbonyl (C=O) groups is 2. The van der Waals surface area contributed by atoms with Crippen molar-refractivity contribution < 1.29 is 19.1 Å². The maximum Gasteiger partial charge on any atom is 0.224 e. The second-order valence-corrected chi connectivity index (χ2v) is 12.6. The molecule has 2 aromatic rings. The van der Waals surface area contributed by atoms with Crippen molar-refractivity contribution in [2.75, 3.05) is 60.2 Å². The zero-order valence-corrected chi connectivity index (χ0v) is 26.7. The maximum atomic E-state index is 13.3. The minimum absolute atomic E-state index is 0.0692. The van der Waals surface area contributed by atoms with E-state index in [9.17, 15) is 9.59 Å². The lowest BCUT2D eigenvalue weighted by molar-refractivity contribution is -0.132. The summed E-state index contributed by atoms with van der Waals surface area (Å²) in [5.74, 6) is 1.03. The van der Waals surface area contributed by atoms with Gasteiger partial charge in [0.05, 0.1) is 39.0 Å². The molecule has 234 valence electrons. The summed E-state index contributed by atoms with van der Waals surface area (Å²) in [7, 11) is 4.34. The third-order valence-corrected chi connectivity index (χ3v) is 8.95. The van der Waals surface area contributed by atoms with Crippen LogP contribution in [0.15, 0.2) is 24.3 Å². The zero-order valence-electron chi connectivity index (χ0n) is 26.7. The molecule has 0 aliphatic carbocycles. The number of ketones is 1. The molecular weight excluding hydrogens is 530 g/mol. The van der Waals surface area contributed by atoms with Gasteiger partial charge >= 0.3 is 0 Å². The number of hydrazine groups is 1. The molecule has 2 aliphatic rings. The van der Waals surface area contributed by atoms with Crippen molar-refractivity contribution in [2.45, 2.75) is 78.6 Å². The molecule has 0 spiro atoms. The molecule has 1 atom stereocenters. The molecule has 2 aliphatic heterocycles. The Labute approximate surface area is 252 Å². The van der Waals surface area contributed by atoms with Gasteiger partial charge in [0.15, 0.2) is 0 Å². The Kier molecular flexibility index (Phi) is 12.0. The molecule has 0 radical (unpaired) electrons. The number of ether oxygens (including phenoxy) is 2. The van der Waals surface area contributed by atoms with Crippen LogP contribution >= 0.6 is 0 Å². The van der Waals surface area contributed by atoms with Crippen molar-refractivity contribution in [3.05, 3.63) is 35.5 Å². The van der Waals surface area contributed by atoms with Crippen molar-refractivity contribution in [1.82, 2.24) is 24.8 Å². The lowest BCUT2D eigenvalue weighted by Crippen LogP contribution is -2.46. The lowest BCUT2D eigenvalue weighted by atomic mass is 9.91. The Morgan fingerprint density at radius 2 is 1.64 bits per heavy atom. The molecule has 1 saturated heterocycles. The maximum absolute atomic E-state index is 13.3. The molecule has 1 amide bonds. The molecule has 9 nitrogen and oxygen atoms in total. The largest absolute Gasteiger partial charge is 0.379 e. The lowest BCUT2D eigenvalue weighted by Gasteiger charge is -2.42. The number of benzene rings is 1. The summed E-state index contributed by atoms with van der Waals surface area (Å²) >= 11 is 0. The number of amides is 1. The van der Waals surface area contributed by atoms with Gasteiger partial charge in [-0.05, 0) is 24.8 Å². The van der Waals surface area contributed by atoms with Gasteiger partial charge in [-0.25, -0.2) is 10.0 Å². The van der Waals surface area contributed by atoms with Crippen LogP contribution in [0.1, 0.15) is 70.7 Å². The number of aromatic nitrogens is 1. The number of para-hydroxylation sites is 1. The number of aryl methyl sites for hydroxylation is 1. The number of fused-ring (bicyclic) bond motifs is 3. The second kappa shape index (κ2) is 15.4. The quantitative estimate of drug-likeness (QED) is 0.314. The molecule has 42 heavy (non-hydrogen) atoms. The summed E-state index contributed by atoms with van der Waals surface area (Å²) in [6.45, 7) is 14.5. The zero-order chi connectivity index (χ0) is 30.2. The Bertz CT molecular complexity index is 1170. The van der Waals surface area contributed by atoms with E-state index < -0.39 is 0 Å². The fourth-order valence-electron chi connectivity index (χ4n) is 6.45. The van der Waals surface area contributed by atoms with E-state index in [1.54, 1.807) is 0 Å². The molecule has 0 bridgehead atoms. The van der Waals surface area contributed by atoms with E-state index >= 15 is 0 Å². The van der Waals surface area contributed by atoms with E-state index in [1.165, 1.54) is 22.2 Å². The van der Waals surface area contributed by atoms with Gasteiger partial charge in [0.1, 0.15) is 5.78 Å². The summed E-state index contributed by atoms with van der Waals surface area (Å²) in [5, 5.41) is 9.57. The summed E-state index contributed by atoms with van der Waals surface area (Å²) < 4.78 is 13.6. The van der Waals surface area contributed by atoms with E-state index in [1.807, 2.05) is 18.7 Å². The highest BCUT2D eigenvalue weighted by Crippen LogP contribution is 2.41. The van der Waals surface area contributed by atoms with Crippen LogP contribution in [0.25, 0.3) is 10.9 Å². The number of carbonyl (C=O) groups excluding carboxylic acids is 2. The molecular formula is C33H53N5O4. The van der Waals surface area contributed by atoms with Crippen LogP contribution in [0, 0.1) is 11.8 Å². The molecule has 0 saturated carbocycles. The standard InChI is InChI=1S/C33H53N5O4/c1-24(2)30(39)14-19-41-21-22-42-20-15-34-26-11-16-37(17-12-26)31(40)13-18-38-28-10-8-7-9-27(28)32-29(38)23-35(5)36(6)33(32)25(3)4/h7-10,24-26,33-34H,11-23H2,1-6H3. The topological polar surface area (TPSA) is 79.3 Å². The predicted octanol–water partition coefficient (Wildman–Crippen LogP) is 4.25. The van der Waals surface area contributed by atoms with Crippen LogP contribution in [-0.4, -0.2) is 97.4 Å². The van der Waals surface area contributed by atoms with Gasteiger partial charge in [0.2, 0.25) is 5.91 Å². The molecule has 1 aromatic carbocycles. The number of hydrogen-bond donors (Lipinski definition) is 1. The summed E-state index contributed by atoms with van der Waals surface area (Å²) in [4.78, 5) is 26.9. The van der Waals surface area contributed by atoms with Gasteiger partial charge in [-0.3, -0.25) is 9.59 Å². The van der Waals surface area contributed by atoms with Gasteiger partial charge in [0.25, 0.3) is 0 Å². The SMILES string of the molecule is CC(C)C(=O)CCOCCOCCNC1CCN(C(=O)CCn2c3c(c4ccccc42)C(C(C)C)N(C)N(C)C3)CC1. The molecule has 1 fully saturated rings. The van der Waals surface area contributed by atoms with Crippen LogP contribution in [0.4, 0.5) is 0 Å². The van der Waals surface area contributed by atoms with E-state index in [0.29, 0.717) is 63.8 Å². The van der Waals surface area contributed by atoms with E-state index in [4.69, 9.17) is 9.47 Å². The van der Waals surface area contributed by atoms with Gasteiger partial charge < -0.3 is 24.3 Å². The molecule has 1 unspecified atom stereocenters. The van der Waals surface area contributed by atoms with Crippen molar-refractivity contribution in [1.29, 1.82) is 0 Å². The summed E-state index contributed by atoms with van der Waals surface area (Å²) in [6.07, 6.45) is 2.93. The first kappa shape index (κ1) is 32.6. The highest BCUT2D eigenvalue weighted by molar-refractivity contribution is 5.87. The first-order valence-electron chi connectivity index (χ1n) is 15.9. The number of hydrogen-bond acceptors (Lipinski definition) is 7. The third-order valence-electron chi connectivity index (χ3n) is 8.95. The van der Waals surface area contributed by atoms with Crippen molar-refractivity contribution in [3.63, 3.8) is 0 Å². The summed E-state index contributed by atoms with van der Waals surface area (Å²) in [5.41, 5.74) is 4.01. The predicted molar refractivity (Wildman–Crippen MR) is 167 cm³/mol. The van der Waals surface area contributed by atoms with Crippen molar-refractivity contribution in [3.8, 4) is 0 Å². The fourth-order valence-corrected chi connectivity index (χ4v) is 6.45. The number of rotatable bonds is 15. The van der Waals surface area contributed by atoms with Crippen LogP contribution < -0.4 is 5.32 Å². The highest BCUT2D eigenvalue weighted by Gasteiger charge is 2.35. The van der Waals surface area contributed by atoms with Gasteiger partial charge in [0, 0.05) is 87.2 Å². The average molecular weight is 584 g/mol. The number of likely N-dealkylation sites (tertiary alicyclic amines) is 1. The van der Waals surface area contributed by atoms with Crippen LogP contribution in [-0.2, 0) is 32.2 Å². The van der Waals surface area contributed by atoms with Gasteiger partial charge in [-0.2, -0.15) is 0 Å². The number of Topliss-reactive ketones (excluding diaryl/α,β-unsaturated/α-hetero) is 1. The summed E-state index contributed by atoms with van der Waals surface area (Å²) in [6, 6.07) is 9.43. The van der Waals surface area contributed by atoms with Crippen LogP contribution in [0.3, 0.4) is 0 Å². The van der Waals surface area contributed by atoms with Gasteiger partial charge in [-0.15, -0.1) is 0 Å². The Hall–Kier alpha value is -2.30. The monoisotopic (exact) mass is 583 g/mol. The Morgan fingerprint density at radius 3 is 2.33 bits per heavy atom. The second-order valence-electron chi connectivity index (χ2n) is 12.6.